The van der Waals surface area contributed by atoms with E-state index in [0.717, 1.165) is 0 Å². The van der Waals surface area contributed by atoms with Crippen molar-refractivity contribution in [3.8, 4) is 6.07 Å². The number of rotatable bonds is 3. The highest BCUT2D eigenvalue weighted by atomic mass is 14.9. The van der Waals surface area contributed by atoms with E-state index in [2.05, 4.69) is 16.7 Å². The van der Waals surface area contributed by atoms with Crippen LogP contribution in [0.25, 0.3) is 0 Å². The van der Waals surface area contributed by atoms with Gasteiger partial charge in [0.15, 0.2) is 0 Å². The molecule has 0 fully saturated rings. The van der Waals surface area contributed by atoms with Crippen molar-refractivity contribution < 1.29 is 0 Å². The van der Waals surface area contributed by atoms with Crippen molar-refractivity contribution in [2.45, 2.75) is 6.04 Å². The molecule has 1 unspecified atom stereocenters. The van der Waals surface area contributed by atoms with Crippen molar-refractivity contribution in [2.24, 2.45) is 0 Å². The molecule has 0 radical (unpaired) electrons. The average molecular weight is 113 g/mol. The lowest BCUT2D eigenvalue weighted by Gasteiger charge is -2.03. The van der Waals surface area contributed by atoms with E-state index in [9.17, 15) is 0 Å². The standard InChI is InChI=1S/C5H11N3/c1-7-4-5(3-6)8-2/h5,7-8H,4H2,1-2H3. The summed E-state index contributed by atoms with van der Waals surface area (Å²) in [7, 11) is 3.59. The van der Waals surface area contributed by atoms with Crippen LogP contribution in [0.15, 0.2) is 0 Å². The van der Waals surface area contributed by atoms with Crippen LogP contribution in [0.3, 0.4) is 0 Å². The summed E-state index contributed by atoms with van der Waals surface area (Å²) >= 11 is 0. The molecule has 8 heavy (non-hydrogen) atoms. The van der Waals surface area contributed by atoms with E-state index < -0.39 is 0 Å². The Morgan fingerprint density at radius 3 is 2.38 bits per heavy atom. The second-order valence-electron chi connectivity index (χ2n) is 1.53. The maximum absolute atomic E-state index is 8.30. The normalized spacial score (nSPS) is 12.6. The summed E-state index contributed by atoms with van der Waals surface area (Å²) in [6, 6.07) is 2.02. The van der Waals surface area contributed by atoms with Crippen LogP contribution in [-0.2, 0) is 0 Å². The number of nitrogens with zero attached hydrogens (tertiary/aromatic N) is 1. The Hall–Kier alpha value is -0.590. The van der Waals surface area contributed by atoms with Crippen LogP contribution in [0, 0.1) is 11.3 Å². The molecule has 0 aromatic heterocycles. The molecule has 0 aliphatic heterocycles. The number of nitrogens with one attached hydrogen (secondary N) is 2. The van der Waals surface area contributed by atoms with Crippen LogP contribution < -0.4 is 10.6 Å². The van der Waals surface area contributed by atoms with Gasteiger partial charge in [-0.05, 0) is 14.1 Å². The Labute approximate surface area is 49.7 Å². The Bertz CT molecular complexity index is 84.2. The van der Waals surface area contributed by atoms with E-state index in [0.29, 0.717) is 6.54 Å². The largest absolute Gasteiger partial charge is 0.317 e. The lowest BCUT2D eigenvalue weighted by atomic mass is 10.3. The molecule has 0 amide bonds. The Morgan fingerprint density at radius 2 is 2.25 bits per heavy atom. The fourth-order valence-electron chi connectivity index (χ4n) is 0.416. The van der Waals surface area contributed by atoms with E-state index in [1.807, 2.05) is 7.05 Å². The van der Waals surface area contributed by atoms with Crippen LogP contribution >= 0.6 is 0 Å². The van der Waals surface area contributed by atoms with E-state index in [1.54, 1.807) is 7.05 Å². The third-order valence-electron chi connectivity index (χ3n) is 0.913. The summed E-state index contributed by atoms with van der Waals surface area (Å²) in [4.78, 5) is 0. The number of nitriles is 1. The second-order valence-corrected chi connectivity index (χ2v) is 1.53. The highest BCUT2D eigenvalue weighted by Crippen LogP contribution is 1.71. The minimum Gasteiger partial charge on any atom is -0.317 e. The van der Waals surface area contributed by atoms with Gasteiger partial charge in [0.2, 0.25) is 0 Å². The van der Waals surface area contributed by atoms with E-state index >= 15 is 0 Å². The summed E-state index contributed by atoms with van der Waals surface area (Å²) in [5, 5.41) is 14.0. The van der Waals surface area contributed by atoms with E-state index in [1.165, 1.54) is 0 Å². The van der Waals surface area contributed by atoms with Crippen molar-refractivity contribution in [2.75, 3.05) is 20.6 Å². The van der Waals surface area contributed by atoms with Gasteiger partial charge in [-0.1, -0.05) is 0 Å². The van der Waals surface area contributed by atoms with Crippen molar-refractivity contribution in [1.82, 2.24) is 10.6 Å². The van der Waals surface area contributed by atoms with Crippen LogP contribution in [0.2, 0.25) is 0 Å². The Balaban J connectivity index is 3.26. The maximum atomic E-state index is 8.30. The summed E-state index contributed by atoms with van der Waals surface area (Å²) in [5.41, 5.74) is 0. The highest BCUT2D eigenvalue weighted by molar-refractivity contribution is 4.89. The first kappa shape index (κ1) is 7.41. The fourth-order valence-corrected chi connectivity index (χ4v) is 0.416. The van der Waals surface area contributed by atoms with Crippen LogP contribution in [0.4, 0.5) is 0 Å². The minimum absolute atomic E-state index is 0.0556. The third-order valence-corrected chi connectivity index (χ3v) is 0.913. The van der Waals surface area contributed by atoms with Crippen molar-refractivity contribution in [3.63, 3.8) is 0 Å². The highest BCUT2D eigenvalue weighted by Gasteiger charge is 1.97. The molecule has 1 atom stereocenters. The number of likely N-dealkylation sites (N-methyl/N-ethyl adjacent to an activating group) is 2. The van der Waals surface area contributed by atoms with Crippen molar-refractivity contribution in [1.29, 1.82) is 5.26 Å². The lowest BCUT2D eigenvalue weighted by molar-refractivity contribution is 0.628. The lowest BCUT2D eigenvalue weighted by Crippen LogP contribution is -2.33. The third kappa shape index (κ3) is 2.56. The number of hydrogen-bond donors (Lipinski definition) is 2. The molecule has 46 valence electrons. The SMILES string of the molecule is CNCC(C#N)NC. The summed E-state index contributed by atoms with van der Waals surface area (Å²) in [6.45, 7) is 0.701. The molecule has 0 saturated heterocycles. The molecule has 0 aromatic carbocycles. The Morgan fingerprint density at radius 1 is 1.62 bits per heavy atom. The van der Waals surface area contributed by atoms with Crippen LogP contribution in [0.5, 0.6) is 0 Å². The van der Waals surface area contributed by atoms with Gasteiger partial charge >= 0.3 is 0 Å². The Kier molecular flexibility index (Phi) is 4.23. The van der Waals surface area contributed by atoms with Gasteiger partial charge in [-0.3, -0.25) is 0 Å². The van der Waals surface area contributed by atoms with E-state index in [-0.39, 0.29) is 6.04 Å². The predicted octanol–water partition coefficient (Wildman–Crippen LogP) is -0.683. The molecule has 0 aliphatic rings. The van der Waals surface area contributed by atoms with Gasteiger partial charge in [0, 0.05) is 6.54 Å². The predicted molar refractivity (Wildman–Crippen MR) is 32.4 cm³/mol. The summed E-state index contributed by atoms with van der Waals surface area (Å²) in [5.74, 6) is 0. The van der Waals surface area contributed by atoms with E-state index in [4.69, 9.17) is 5.26 Å². The zero-order valence-corrected chi connectivity index (χ0v) is 5.23. The summed E-state index contributed by atoms with van der Waals surface area (Å²) < 4.78 is 0. The van der Waals surface area contributed by atoms with Crippen LogP contribution in [0.1, 0.15) is 0 Å². The van der Waals surface area contributed by atoms with Crippen molar-refractivity contribution in [3.05, 3.63) is 0 Å². The van der Waals surface area contributed by atoms with Gasteiger partial charge in [-0.2, -0.15) is 5.26 Å². The van der Waals surface area contributed by atoms with Gasteiger partial charge in [0.1, 0.15) is 6.04 Å². The topological polar surface area (TPSA) is 47.9 Å². The molecule has 0 aliphatic carbocycles. The molecular formula is C5H11N3. The first-order valence-corrected chi connectivity index (χ1v) is 2.56. The molecule has 3 heteroatoms. The van der Waals surface area contributed by atoms with Gasteiger partial charge in [-0.15, -0.1) is 0 Å². The van der Waals surface area contributed by atoms with Gasteiger partial charge in [0.25, 0.3) is 0 Å². The zero-order chi connectivity index (χ0) is 6.41. The van der Waals surface area contributed by atoms with Gasteiger partial charge < -0.3 is 10.6 Å². The molecular weight excluding hydrogens is 102 g/mol. The second kappa shape index (κ2) is 4.57. The molecule has 3 nitrogen and oxygen atoms in total. The molecule has 0 rings (SSSR count). The van der Waals surface area contributed by atoms with Crippen LogP contribution in [-0.4, -0.2) is 26.7 Å². The fraction of sp³-hybridized carbons (Fsp3) is 0.800. The van der Waals surface area contributed by atoms with Gasteiger partial charge in [-0.25, -0.2) is 0 Å². The summed E-state index contributed by atoms with van der Waals surface area (Å²) in [6.07, 6.45) is 0. The molecule has 0 saturated carbocycles. The molecule has 0 aromatic rings. The molecule has 0 heterocycles. The minimum atomic E-state index is -0.0556. The smallest absolute Gasteiger partial charge is 0.108 e. The van der Waals surface area contributed by atoms with Gasteiger partial charge in [0.05, 0.1) is 6.07 Å². The zero-order valence-electron chi connectivity index (χ0n) is 5.23. The first-order chi connectivity index (χ1) is 3.85. The quantitative estimate of drug-likeness (QED) is 0.509. The molecule has 0 bridgehead atoms. The molecule has 2 N–H and O–H groups in total. The number of hydrogen-bond acceptors (Lipinski definition) is 3. The molecule has 0 spiro atoms. The maximum Gasteiger partial charge on any atom is 0.108 e. The monoisotopic (exact) mass is 113 g/mol. The first-order valence-electron chi connectivity index (χ1n) is 2.56. The average Bonchev–Trinajstić information content (AvgIpc) is 1.83. The van der Waals surface area contributed by atoms with Crippen molar-refractivity contribution >= 4 is 0 Å².